The summed E-state index contributed by atoms with van der Waals surface area (Å²) in [5, 5.41) is 7.65. The van der Waals surface area contributed by atoms with Crippen LogP contribution in [0.25, 0.3) is 6.08 Å². The molecule has 30 heavy (non-hydrogen) atoms. The number of aromatic nitrogens is 2. The summed E-state index contributed by atoms with van der Waals surface area (Å²) in [5.74, 6) is 1.28. The molecule has 6 nitrogen and oxygen atoms in total. The van der Waals surface area contributed by atoms with Crippen LogP contribution in [0.2, 0.25) is 5.02 Å². The van der Waals surface area contributed by atoms with Gasteiger partial charge in [-0.15, -0.1) is 0 Å². The van der Waals surface area contributed by atoms with E-state index in [0.717, 1.165) is 29.2 Å². The molecule has 2 aromatic carbocycles. The van der Waals surface area contributed by atoms with Crippen molar-refractivity contribution in [1.29, 1.82) is 0 Å². The minimum absolute atomic E-state index is 0.227. The molecule has 1 heterocycles. The van der Waals surface area contributed by atoms with Crippen LogP contribution in [0.5, 0.6) is 11.5 Å². The maximum Gasteiger partial charge on any atom is 0.244 e. The fourth-order valence-corrected chi connectivity index (χ4v) is 3.03. The molecule has 0 aliphatic carbocycles. The van der Waals surface area contributed by atoms with E-state index in [4.69, 9.17) is 21.1 Å². The van der Waals surface area contributed by atoms with Gasteiger partial charge in [-0.3, -0.25) is 9.48 Å². The van der Waals surface area contributed by atoms with Gasteiger partial charge in [0.2, 0.25) is 5.91 Å². The summed E-state index contributed by atoms with van der Waals surface area (Å²) in [6, 6.07) is 15.3. The lowest BCUT2D eigenvalue weighted by atomic mass is 10.1. The number of nitrogens with zero attached hydrogens (tertiary/aromatic N) is 2. The zero-order valence-corrected chi connectivity index (χ0v) is 17.7. The van der Waals surface area contributed by atoms with Crippen LogP contribution in [0, 0.1) is 0 Å². The highest BCUT2D eigenvalue weighted by Crippen LogP contribution is 2.23. The van der Waals surface area contributed by atoms with Crippen molar-refractivity contribution in [2.75, 3.05) is 7.11 Å². The van der Waals surface area contributed by atoms with E-state index in [1.807, 2.05) is 55.5 Å². The molecule has 1 aromatic heterocycles. The van der Waals surface area contributed by atoms with E-state index in [9.17, 15) is 4.79 Å². The third-order valence-electron chi connectivity index (χ3n) is 4.41. The van der Waals surface area contributed by atoms with Crippen LogP contribution in [0.15, 0.2) is 60.8 Å². The molecule has 0 unspecified atom stereocenters. The monoisotopic (exact) mass is 425 g/mol. The highest BCUT2D eigenvalue weighted by molar-refractivity contribution is 6.31. The van der Waals surface area contributed by atoms with Gasteiger partial charge >= 0.3 is 0 Å². The van der Waals surface area contributed by atoms with E-state index in [2.05, 4.69) is 10.4 Å². The van der Waals surface area contributed by atoms with Gasteiger partial charge in [0.15, 0.2) is 0 Å². The Morgan fingerprint density at radius 1 is 1.23 bits per heavy atom. The second kappa shape index (κ2) is 10.5. The Morgan fingerprint density at radius 2 is 2.03 bits per heavy atom. The number of hydrogen-bond acceptors (Lipinski definition) is 4. The first-order valence-electron chi connectivity index (χ1n) is 9.61. The van der Waals surface area contributed by atoms with Gasteiger partial charge in [-0.25, -0.2) is 0 Å². The first-order valence-corrected chi connectivity index (χ1v) is 9.99. The number of benzene rings is 2. The predicted octanol–water partition coefficient (Wildman–Crippen LogP) is 4.47. The smallest absolute Gasteiger partial charge is 0.244 e. The third-order valence-corrected chi connectivity index (χ3v) is 4.73. The van der Waals surface area contributed by atoms with Crippen molar-refractivity contribution in [2.24, 2.45) is 0 Å². The minimum atomic E-state index is -0.227. The van der Waals surface area contributed by atoms with Gasteiger partial charge in [0.25, 0.3) is 0 Å². The number of halogens is 1. The summed E-state index contributed by atoms with van der Waals surface area (Å²) in [5.41, 5.74) is 2.40. The standard InChI is InChI=1S/C23H24ClN3O3/c1-3-27-15-20(24)21(26-27)14-25-23(28)12-10-17-9-11-22(29-2)18(13-17)16-30-19-7-5-4-6-8-19/h4-13,15H,3,14,16H2,1-2H3,(H,25,28)/b12-10+. The average Bonchev–Trinajstić information content (AvgIpc) is 3.15. The van der Waals surface area contributed by atoms with Gasteiger partial charge in [0.05, 0.1) is 18.7 Å². The molecule has 156 valence electrons. The molecule has 0 saturated heterocycles. The highest BCUT2D eigenvalue weighted by Gasteiger charge is 2.08. The Balaban J connectivity index is 1.61. The lowest BCUT2D eigenvalue weighted by molar-refractivity contribution is -0.116. The van der Waals surface area contributed by atoms with E-state index >= 15 is 0 Å². The van der Waals surface area contributed by atoms with Crippen LogP contribution in [0.3, 0.4) is 0 Å². The number of ether oxygens (including phenoxy) is 2. The average molecular weight is 426 g/mol. The molecule has 0 radical (unpaired) electrons. The molecule has 3 aromatic rings. The number of aryl methyl sites for hydroxylation is 1. The van der Waals surface area contributed by atoms with Crippen LogP contribution >= 0.6 is 11.6 Å². The Hall–Kier alpha value is -3.25. The van der Waals surface area contributed by atoms with Crippen LogP contribution in [-0.4, -0.2) is 22.8 Å². The normalized spacial score (nSPS) is 10.9. The molecule has 3 rings (SSSR count). The van der Waals surface area contributed by atoms with Gasteiger partial charge in [-0.2, -0.15) is 5.10 Å². The number of hydrogen-bond donors (Lipinski definition) is 1. The third kappa shape index (κ3) is 5.87. The number of carbonyl (C=O) groups excluding carboxylic acids is 1. The summed E-state index contributed by atoms with van der Waals surface area (Å²) in [7, 11) is 1.62. The van der Waals surface area contributed by atoms with Crippen molar-refractivity contribution in [3.05, 3.63) is 82.6 Å². The molecule has 7 heteroatoms. The molecule has 0 saturated carbocycles. The van der Waals surface area contributed by atoms with E-state index in [1.54, 1.807) is 24.1 Å². The molecule has 0 spiro atoms. The Labute approximate surface area is 181 Å². The molecular formula is C23H24ClN3O3. The molecule has 1 N–H and O–H groups in total. The first-order chi connectivity index (χ1) is 14.6. The fourth-order valence-electron chi connectivity index (χ4n) is 2.81. The lowest BCUT2D eigenvalue weighted by Gasteiger charge is -2.11. The maximum absolute atomic E-state index is 12.2. The topological polar surface area (TPSA) is 65.4 Å². The minimum Gasteiger partial charge on any atom is -0.496 e. The largest absolute Gasteiger partial charge is 0.496 e. The van der Waals surface area contributed by atoms with Crippen molar-refractivity contribution < 1.29 is 14.3 Å². The number of rotatable bonds is 9. The van der Waals surface area contributed by atoms with Gasteiger partial charge in [-0.1, -0.05) is 35.9 Å². The molecule has 0 bridgehead atoms. The highest BCUT2D eigenvalue weighted by atomic mass is 35.5. The number of nitrogens with one attached hydrogen (secondary N) is 1. The number of methoxy groups -OCH3 is 1. The second-order valence-corrected chi connectivity index (χ2v) is 6.91. The van der Waals surface area contributed by atoms with E-state index in [1.165, 1.54) is 6.08 Å². The van der Waals surface area contributed by atoms with E-state index in [0.29, 0.717) is 17.3 Å². The number of para-hydroxylation sites is 1. The van der Waals surface area contributed by atoms with Crippen LogP contribution in [0.4, 0.5) is 0 Å². The quantitative estimate of drug-likeness (QED) is 0.513. The van der Waals surface area contributed by atoms with Crippen molar-refractivity contribution in [3.63, 3.8) is 0 Å². The van der Waals surface area contributed by atoms with Gasteiger partial charge < -0.3 is 14.8 Å². The maximum atomic E-state index is 12.2. The summed E-state index contributed by atoms with van der Waals surface area (Å²) >= 11 is 6.12. The Kier molecular flexibility index (Phi) is 7.51. The SMILES string of the molecule is CCn1cc(Cl)c(CNC(=O)/C=C/c2ccc(OC)c(COc3ccccc3)c2)n1. The van der Waals surface area contributed by atoms with Gasteiger partial charge in [0.1, 0.15) is 23.8 Å². The van der Waals surface area contributed by atoms with E-state index < -0.39 is 0 Å². The Bertz CT molecular complexity index is 1020. The fraction of sp³-hybridized carbons (Fsp3) is 0.217. The van der Waals surface area contributed by atoms with Crippen LogP contribution in [0.1, 0.15) is 23.7 Å². The first kappa shape index (κ1) is 21.5. The van der Waals surface area contributed by atoms with Crippen LogP contribution in [-0.2, 0) is 24.5 Å². The number of carbonyl (C=O) groups is 1. The van der Waals surface area contributed by atoms with Crippen molar-refractivity contribution >= 4 is 23.6 Å². The van der Waals surface area contributed by atoms with E-state index in [-0.39, 0.29) is 12.5 Å². The Morgan fingerprint density at radius 3 is 2.73 bits per heavy atom. The molecule has 0 aliphatic heterocycles. The van der Waals surface area contributed by atoms with Gasteiger partial charge in [0, 0.05) is 24.4 Å². The molecule has 0 fully saturated rings. The summed E-state index contributed by atoms with van der Waals surface area (Å²) in [6.07, 6.45) is 4.97. The predicted molar refractivity (Wildman–Crippen MR) is 118 cm³/mol. The zero-order valence-electron chi connectivity index (χ0n) is 17.0. The van der Waals surface area contributed by atoms with Crippen molar-refractivity contribution in [1.82, 2.24) is 15.1 Å². The summed E-state index contributed by atoms with van der Waals surface area (Å²) < 4.78 is 13.0. The molecule has 1 amide bonds. The second-order valence-electron chi connectivity index (χ2n) is 6.50. The van der Waals surface area contributed by atoms with Crippen LogP contribution < -0.4 is 14.8 Å². The number of amides is 1. The molecule has 0 atom stereocenters. The summed E-state index contributed by atoms with van der Waals surface area (Å²) in [6.45, 7) is 3.33. The zero-order chi connectivity index (χ0) is 21.3. The lowest BCUT2D eigenvalue weighted by Crippen LogP contribution is -2.20. The molecule has 0 aliphatic rings. The summed E-state index contributed by atoms with van der Waals surface area (Å²) in [4.78, 5) is 12.2. The molecular weight excluding hydrogens is 402 g/mol. The van der Waals surface area contributed by atoms with Gasteiger partial charge in [-0.05, 0) is 42.8 Å². The van der Waals surface area contributed by atoms with Crippen molar-refractivity contribution in [2.45, 2.75) is 26.6 Å². The van der Waals surface area contributed by atoms with Crippen molar-refractivity contribution in [3.8, 4) is 11.5 Å².